The van der Waals surface area contributed by atoms with Crippen molar-refractivity contribution in [3.63, 3.8) is 0 Å². The van der Waals surface area contributed by atoms with E-state index < -0.39 is 53.1 Å². The molecular weight excluding hydrogens is 463 g/mol. The van der Waals surface area contributed by atoms with Crippen LogP contribution < -0.4 is 0 Å². The number of hydrogen-bond donors (Lipinski definition) is 0. The fourth-order valence-electron chi connectivity index (χ4n) is 1.30. The summed E-state index contributed by atoms with van der Waals surface area (Å²) in [6.45, 7) is 4.73. The monoisotopic (exact) mass is 484 g/mol. The summed E-state index contributed by atoms with van der Waals surface area (Å²) in [7, 11) is -12.3. The average Bonchev–Trinajstić information content (AvgIpc) is 2.25. The summed E-state index contributed by atoms with van der Waals surface area (Å²) >= 11 is -4.78. The molecule has 0 unspecified atom stereocenters. The van der Waals surface area contributed by atoms with Gasteiger partial charge in [0.25, 0.3) is 0 Å². The molecular formula is C9H21InO9S3. The summed E-state index contributed by atoms with van der Waals surface area (Å²) in [4.78, 5) is 0. The Hall–Kier alpha value is 0.600. The summed E-state index contributed by atoms with van der Waals surface area (Å²) in [5, 5.41) is 0. The molecule has 0 rings (SSSR count). The molecule has 0 aromatic rings. The summed E-state index contributed by atoms with van der Waals surface area (Å²) in [5.41, 5.74) is 0. The van der Waals surface area contributed by atoms with Gasteiger partial charge in [-0.2, -0.15) is 0 Å². The van der Waals surface area contributed by atoms with E-state index in [0.29, 0.717) is 0 Å². The Morgan fingerprint density at radius 3 is 1.00 bits per heavy atom. The Balaban J connectivity index is 5.24. The molecule has 0 aromatic carbocycles. The van der Waals surface area contributed by atoms with E-state index in [1.165, 1.54) is 0 Å². The average molecular weight is 484 g/mol. The van der Waals surface area contributed by atoms with Gasteiger partial charge in [0.2, 0.25) is 0 Å². The molecule has 22 heavy (non-hydrogen) atoms. The molecule has 0 atom stereocenters. The molecule has 0 aliphatic heterocycles. The van der Waals surface area contributed by atoms with Crippen LogP contribution >= 0.6 is 0 Å². The molecule has 0 radical (unpaired) electrons. The van der Waals surface area contributed by atoms with E-state index in [-0.39, 0.29) is 36.5 Å². The first-order chi connectivity index (χ1) is 9.97. The van der Waals surface area contributed by atoms with Crippen LogP contribution in [0.25, 0.3) is 0 Å². The standard InChI is InChI=1S/3C3H8O3S.In/c3*1-2-3-7(4,5)6;/h3*2-3H2,1H3,(H,4,5,6);/q;;;+3/p-3. The van der Waals surface area contributed by atoms with Gasteiger partial charge in [0.05, 0.1) is 0 Å². The third-order valence-electron chi connectivity index (χ3n) is 2.04. The van der Waals surface area contributed by atoms with Crippen molar-refractivity contribution in [1.29, 1.82) is 0 Å². The minimum absolute atomic E-state index is 0.227. The van der Waals surface area contributed by atoms with Crippen molar-refractivity contribution in [3.05, 3.63) is 0 Å². The van der Waals surface area contributed by atoms with E-state index in [0.717, 1.165) is 0 Å². The molecule has 0 saturated carbocycles. The van der Waals surface area contributed by atoms with Crippen LogP contribution in [0.1, 0.15) is 40.0 Å². The van der Waals surface area contributed by atoms with Crippen LogP contribution in [0, 0.1) is 0 Å². The van der Waals surface area contributed by atoms with Gasteiger partial charge in [-0.25, -0.2) is 0 Å². The van der Waals surface area contributed by atoms with Gasteiger partial charge in [0, 0.05) is 0 Å². The Morgan fingerprint density at radius 1 is 0.591 bits per heavy atom. The van der Waals surface area contributed by atoms with Gasteiger partial charge in [0.15, 0.2) is 0 Å². The molecule has 0 saturated heterocycles. The zero-order valence-electron chi connectivity index (χ0n) is 12.7. The summed E-state index contributed by atoms with van der Waals surface area (Å²) in [6, 6.07) is 0. The molecule has 9 nitrogen and oxygen atoms in total. The van der Waals surface area contributed by atoms with Crippen molar-refractivity contribution in [3.8, 4) is 0 Å². The SMILES string of the molecule is CCCS(=O)(=O)[O][In]([O]S(=O)(=O)CCC)[O]S(=O)(=O)CCC. The van der Waals surface area contributed by atoms with Crippen LogP contribution in [0.2, 0.25) is 0 Å². The molecule has 0 aliphatic rings. The van der Waals surface area contributed by atoms with Gasteiger partial charge in [-0.1, -0.05) is 0 Å². The van der Waals surface area contributed by atoms with E-state index >= 15 is 0 Å². The van der Waals surface area contributed by atoms with Crippen molar-refractivity contribution in [2.45, 2.75) is 40.0 Å². The van der Waals surface area contributed by atoms with Crippen molar-refractivity contribution in [1.82, 2.24) is 0 Å². The molecule has 13 heteroatoms. The molecule has 0 bridgehead atoms. The van der Waals surface area contributed by atoms with Gasteiger partial charge in [-0.05, 0) is 0 Å². The van der Waals surface area contributed by atoms with Gasteiger partial charge in [-0.3, -0.25) is 0 Å². The van der Waals surface area contributed by atoms with Crippen molar-refractivity contribution >= 4 is 53.1 Å². The predicted molar refractivity (Wildman–Crippen MR) is 81.2 cm³/mol. The Labute approximate surface area is 142 Å². The first-order valence-electron chi connectivity index (χ1n) is 6.69. The zero-order valence-corrected chi connectivity index (χ0v) is 18.5. The number of hydrogen-bond acceptors (Lipinski definition) is 9. The maximum absolute atomic E-state index is 11.6. The second-order valence-corrected chi connectivity index (χ2v) is 16.1. The van der Waals surface area contributed by atoms with Crippen LogP contribution in [0.3, 0.4) is 0 Å². The molecule has 0 amide bonds. The minimum atomic E-state index is -4.78. The van der Waals surface area contributed by atoms with E-state index in [9.17, 15) is 25.3 Å². The zero-order chi connectivity index (χ0) is 17.4. The molecule has 0 fully saturated rings. The van der Waals surface area contributed by atoms with E-state index in [4.69, 9.17) is 0 Å². The quantitative estimate of drug-likeness (QED) is 0.382. The summed E-state index contributed by atoms with van der Waals surface area (Å²) in [5.74, 6) is -1.14. The number of rotatable bonds is 12. The fraction of sp³-hybridized carbons (Fsp3) is 1.00. The Bertz CT molecular complexity index is 533. The van der Waals surface area contributed by atoms with Crippen molar-refractivity contribution < 1.29 is 32.2 Å². The molecule has 0 aromatic heterocycles. The first kappa shape index (κ1) is 22.6. The Kier molecular flexibility index (Phi) is 10.1. The second-order valence-electron chi connectivity index (χ2n) is 4.36. The van der Waals surface area contributed by atoms with Crippen LogP contribution in [0.5, 0.6) is 0 Å². The fourth-order valence-corrected chi connectivity index (χ4v) is 15.3. The van der Waals surface area contributed by atoms with Crippen LogP contribution in [-0.4, -0.2) is 65.3 Å². The van der Waals surface area contributed by atoms with Crippen LogP contribution in [0.4, 0.5) is 0 Å². The van der Waals surface area contributed by atoms with Gasteiger partial charge in [-0.15, -0.1) is 0 Å². The maximum atomic E-state index is 11.6. The van der Waals surface area contributed by atoms with Crippen LogP contribution in [-0.2, 0) is 37.3 Å². The van der Waals surface area contributed by atoms with Gasteiger partial charge in [0.1, 0.15) is 0 Å². The molecule has 132 valence electrons. The molecule has 0 N–H and O–H groups in total. The summed E-state index contributed by atoms with van der Waals surface area (Å²) in [6.07, 6.45) is 0.680. The van der Waals surface area contributed by atoms with Crippen LogP contribution in [0.15, 0.2) is 0 Å². The molecule has 0 aliphatic carbocycles. The van der Waals surface area contributed by atoms with E-state index in [1.807, 2.05) is 0 Å². The third-order valence-corrected chi connectivity index (χ3v) is 17.7. The Morgan fingerprint density at radius 2 is 0.818 bits per heavy atom. The first-order valence-corrected chi connectivity index (χ1v) is 15.5. The molecule has 0 spiro atoms. The molecule has 0 heterocycles. The normalized spacial score (nSPS) is 13.2. The third kappa shape index (κ3) is 10.4. The van der Waals surface area contributed by atoms with Crippen molar-refractivity contribution in [2.24, 2.45) is 0 Å². The predicted octanol–water partition coefficient (Wildman–Crippen LogP) is 0.241. The topological polar surface area (TPSA) is 130 Å². The van der Waals surface area contributed by atoms with E-state index in [1.54, 1.807) is 20.8 Å². The van der Waals surface area contributed by atoms with Gasteiger partial charge >= 0.3 is 143 Å². The van der Waals surface area contributed by atoms with E-state index in [2.05, 4.69) is 6.90 Å². The summed E-state index contributed by atoms with van der Waals surface area (Å²) < 4.78 is 83.5. The van der Waals surface area contributed by atoms with Crippen molar-refractivity contribution in [2.75, 3.05) is 17.3 Å². The second kappa shape index (κ2) is 9.79. The van der Waals surface area contributed by atoms with Gasteiger partial charge < -0.3 is 0 Å².